The van der Waals surface area contributed by atoms with Gasteiger partial charge in [-0.15, -0.1) is 0 Å². The number of hydrogen-bond donors (Lipinski definition) is 2. The van der Waals surface area contributed by atoms with Gasteiger partial charge < -0.3 is 5.32 Å². The van der Waals surface area contributed by atoms with Crippen molar-refractivity contribution in [2.75, 3.05) is 26.0 Å². The van der Waals surface area contributed by atoms with E-state index in [9.17, 15) is 4.79 Å². The smallest absolute Gasteiger partial charge is 0.267 e. The van der Waals surface area contributed by atoms with Crippen LogP contribution in [0.25, 0.3) is 0 Å². The molecule has 5 nitrogen and oxygen atoms in total. The molecule has 1 aromatic heterocycles. The molecule has 6 heteroatoms. The summed E-state index contributed by atoms with van der Waals surface area (Å²) in [5, 5.41) is 5.00. The second-order valence-electron chi connectivity index (χ2n) is 3.42. The van der Waals surface area contributed by atoms with Crippen molar-refractivity contribution in [2.45, 2.75) is 6.92 Å². The molecule has 0 aliphatic carbocycles. The zero-order valence-electron chi connectivity index (χ0n) is 9.54. The lowest BCUT2D eigenvalue weighted by Crippen LogP contribution is -2.36. The molecule has 1 heterocycles. The monoisotopic (exact) mass is 242 g/mol. The highest BCUT2D eigenvalue weighted by Gasteiger charge is 2.09. The maximum atomic E-state index is 11.6. The Balaban J connectivity index is 2.84. The predicted molar refractivity (Wildman–Crippen MR) is 64.6 cm³/mol. The summed E-state index contributed by atoms with van der Waals surface area (Å²) in [5.41, 5.74) is 3.04. The van der Waals surface area contributed by atoms with Gasteiger partial charge in [0.15, 0.2) is 0 Å². The number of nitrogens with zero attached hydrogens (tertiary/aromatic N) is 2. The van der Waals surface area contributed by atoms with Gasteiger partial charge in [-0.05, 0) is 13.0 Å². The quantitative estimate of drug-likeness (QED) is 0.784. The van der Waals surface area contributed by atoms with Crippen LogP contribution in [0.2, 0.25) is 5.02 Å². The van der Waals surface area contributed by atoms with E-state index in [2.05, 4.69) is 15.7 Å². The summed E-state index contributed by atoms with van der Waals surface area (Å²) in [6, 6.07) is 1.59. The molecule has 0 bridgehead atoms. The lowest BCUT2D eigenvalue weighted by molar-refractivity contribution is 0.0856. The molecule has 2 N–H and O–H groups in total. The average molecular weight is 243 g/mol. The van der Waals surface area contributed by atoms with Gasteiger partial charge in [-0.2, -0.15) is 0 Å². The summed E-state index contributed by atoms with van der Waals surface area (Å²) < 4.78 is 0. The van der Waals surface area contributed by atoms with Crippen molar-refractivity contribution >= 4 is 23.3 Å². The summed E-state index contributed by atoms with van der Waals surface area (Å²) in [6.45, 7) is 2.68. The first kappa shape index (κ1) is 12.7. The molecule has 1 amide bonds. The highest BCUT2D eigenvalue weighted by atomic mass is 35.5. The normalized spacial score (nSPS) is 10.3. The Morgan fingerprint density at radius 2 is 2.25 bits per heavy atom. The largest absolute Gasteiger partial charge is 0.369 e. The molecule has 0 atom stereocenters. The molecule has 0 unspecified atom stereocenters. The molecule has 1 aromatic rings. The number of carbonyl (C=O) groups is 1. The molecule has 0 fully saturated rings. The number of nitrogens with one attached hydrogen (secondary N) is 2. The molecule has 1 rings (SSSR count). The summed E-state index contributed by atoms with van der Waals surface area (Å²) in [7, 11) is 3.47. The van der Waals surface area contributed by atoms with Crippen molar-refractivity contribution in [3.63, 3.8) is 0 Å². The van der Waals surface area contributed by atoms with Gasteiger partial charge in [0, 0.05) is 26.8 Å². The van der Waals surface area contributed by atoms with Crippen LogP contribution in [-0.2, 0) is 0 Å². The van der Waals surface area contributed by atoms with Crippen molar-refractivity contribution in [1.82, 2.24) is 15.4 Å². The van der Waals surface area contributed by atoms with E-state index in [4.69, 9.17) is 11.6 Å². The molecule has 0 spiro atoms. The number of hydrazine groups is 1. The fourth-order valence-corrected chi connectivity index (χ4v) is 1.36. The number of amides is 1. The molecule has 0 radical (unpaired) electrons. The first-order valence-electron chi connectivity index (χ1n) is 4.92. The second kappa shape index (κ2) is 5.67. The minimum absolute atomic E-state index is 0.234. The van der Waals surface area contributed by atoms with Gasteiger partial charge in [0.25, 0.3) is 5.91 Å². The fraction of sp³-hybridized carbons (Fsp3) is 0.400. The number of anilines is 1. The standard InChI is InChI=1S/C10H15ClN4O/c1-4-12-9-8(11)5-7(6-13-9)10(16)14-15(2)3/h5-6H,4H2,1-3H3,(H,12,13)(H,14,16). The lowest BCUT2D eigenvalue weighted by atomic mass is 10.2. The second-order valence-corrected chi connectivity index (χ2v) is 3.83. The number of carbonyl (C=O) groups excluding carboxylic acids is 1. The van der Waals surface area contributed by atoms with Crippen LogP contribution in [0.15, 0.2) is 12.3 Å². The lowest BCUT2D eigenvalue weighted by Gasteiger charge is -2.12. The van der Waals surface area contributed by atoms with Crippen molar-refractivity contribution in [1.29, 1.82) is 0 Å². The Hall–Kier alpha value is -1.33. The van der Waals surface area contributed by atoms with Gasteiger partial charge in [0.1, 0.15) is 5.82 Å². The van der Waals surface area contributed by atoms with Crippen LogP contribution < -0.4 is 10.7 Å². The topological polar surface area (TPSA) is 57.3 Å². The van der Waals surface area contributed by atoms with E-state index in [-0.39, 0.29) is 5.91 Å². The summed E-state index contributed by atoms with van der Waals surface area (Å²) in [5.74, 6) is 0.355. The van der Waals surface area contributed by atoms with Crippen molar-refractivity contribution in [3.05, 3.63) is 22.8 Å². The first-order chi connectivity index (χ1) is 7.54. The van der Waals surface area contributed by atoms with E-state index < -0.39 is 0 Å². The van der Waals surface area contributed by atoms with Gasteiger partial charge in [-0.3, -0.25) is 10.2 Å². The average Bonchev–Trinajstić information content (AvgIpc) is 2.20. The van der Waals surface area contributed by atoms with E-state index in [0.29, 0.717) is 16.4 Å². The molecule has 0 saturated carbocycles. The predicted octanol–water partition coefficient (Wildman–Crippen LogP) is 1.37. The number of hydrogen-bond acceptors (Lipinski definition) is 4. The van der Waals surface area contributed by atoms with E-state index in [1.54, 1.807) is 25.2 Å². The molecule has 0 aliphatic rings. The minimum Gasteiger partial charge on any atom is -0.369 e. The van der Waals surface area contributed by atoms with Gasteiger partial charge >= 0.3 is 0 Å². The first-order valence-corrected chi connectivity index (χ1v) is 5.30. The molecular weight excluding hydrogens is 228 g/mol. The van der Waals surface area contributed by atoms with E-state index in [1.807, 2.05) is 6.92 Å². The number of pyridine rings is 1. The fourth-order valence-electron chi connectivity index (χ4n) is 1.13. The molecule has 0 aliphatic heterocycles. The van der Waals surface area contributed by atoms with Crippen LogP contribution in [0.3, 0.4) is 0 Å². The van der Waals surface area contributed by atoms with Crippen LogP contribution in [0.5, 0.6) is 0 Å². The summed E-state index contributed by atoms with van der Waals surface area (Å²) in [4.78, 5) is 15.7. The Bertz CT molecular complexity index is 381. The molecule has 0 saturated heterocycles. The van der Waals surface area contributed by atoms with Crippen LogP contribution >= 0.6 is 11.6 Å². The Morgan fingerprint density at radius 1 is 1.56 bits per heavy atom. The van der Waals surface area contributed by atoms with Crippen molar-refractivity contribution < 1.29 is 4.79 Å². The number of halogens is 1. The maximum absolute atomic E-state index is 11.6. The molecule has 16 heavy (non-hydrogen) atoms. The van der Waals surface area contributed by atoms with E-state index in [0.717, 1.165) is 6.54 Å². The SMILES string of the molecule is CCNc1ncc(C(=O)NN(C)C)cc1Cl. The maximum Gasteiger partial charge on any atom is 0.267 e. The third-order valence-electron chi connectivity index (χ3n) is 1.77. The number of aromatic nitrogens is 1. The van der Waals surface area contributed by atoms with Gasteiger partial charge in [0.2, 0.25) is 0 Å². The van der Waals surface area contributed by atoms with Crippen LogP contribution in [0.4, 0.5) is 5.82 Å². The van der Waals surface area contributed by atoms with Crippen molar-refractivity contribution in [2.24, 2.45) is 0 Å². The molecular formula is C10H15ClN4O. The Morgan fingerprint density at radius 3 is 2.75 bits per heavy atom. The third-order valence-corrected chi connectivity index (χ3v) is 2.06. The third kappa shape index (κ3) is 3.36. The zero-order valence-corrected chi connectivity index (χ0v) is 10.3. The van der Waals surface area contributed by atoms with E-state index >= 15 is 0 Å². The van der Waals surface area contributed by atoms with Gasteiger partial charge in [-0.1, -0.05) is 11.6 Å². The Labute approximate surface area is 99.8 Å². The van der Waals surface area contributed by atoms with Gasteiger partial charge in [-0.25, -0.2) is 9.99 Å². The summed E-state index contributed by atoms with van der Waals surface area (Å²) in [6.07, 6.45) is 1.49. The highest BCUT2D eigenvalue weighted by molar-refractivity contribution is 6.33. The highest BCUT2D eigenvalue weighted by Crippen LogP contribution is 2.19. The van der Waals surface area contributed by atoms with Crippen molar-refractivity contribution in [3.8, 4) is 0 Å². The van der Waals surface area contributed by atoms with Crippen LogP contribution in [0, 0.1) is 0 Å². The molecule has 0 aromatic carbocycles. The molecule has 88 valence electrons. The minimum atomic E-state index is -0.234. The van der Waals surface area contributed by atoms with E-state index in [1.165, 1.54) is 6.20 Å². The van der Waals surface area contributed by atoms with Gasteiger partial charge in [0.05, 0.1) is 10.6 Å². The zero-order chi connectivity index (χ0) is 12.1. The number of rotatable bonds is 4. The van der Waals surface area contributed by atoms with Crippen LogP contribution in [-0.4, -0.2) is 36.5 Å². The Kier molecular flexibility index (Phi) is 4.52. The van der Waals surface area contributed by atoms with Crippen LogP contribution in [0.1, 0.15) is 17.3 Å². The summed E-state index contributed by atoms with van der Waals surface area (Å²) >= 11 is 5.97.